The van der Waals surface area contributed by atoms with Crippen LogP contribution < -0.4 is 5.32 Å². The van der Waals surface area contributed by atoms with Crippen LogP contribution in [0.15, 0.2) is 32.5 Å². The SMILES string of the molecule is O=C(O)c1ccc(NCCc2ccc(Br)s2)c(F)c1Br. The minimum atomic E-state index is -1.16. The molecule has 7 heteroatoms. The third-order valence-electron chi connectivity index (χ3n) is 2.63. The molecule has 106 valence electrons. The number of nitrogens with one attached hydrogen (secondary N) is 1. The van der Waals surface area contributed by atoms with Gasteiger partial charge in [0.25, 0.3) is 0 Å². The summed E-state index contributed by atoms with van der Waals surface area (Å²) in [5.74, 6) is -1.75. The summed E-state index contributed by atoms with van der Waals surface area (Å²) < 4.78 is 15.0. The number of aromatic carboxylic acids is 1. The quantitative estimate of drug-likeness (QED) is 0.729. The van der Waals surface area contributed by atoms with Crippen LogP contribution >= 0.6 is 43.2 Å². The second-order valence-electron chi connectivity index (χ2n) is 3.98. The molecule has 0 fully saturated rings. The smallest absolute Gasteiger partial charge is 0.336 e. The summed E-state index contributed by atoms with van der Waals surface area (Å²) in [6.45, 7) is 0.572. The maximum Gasteiger partial charge on any atom is 0.336 e. The Morgan fingerprint density at radius 1 is 1.30 bits per heavy atom. The Morgan fingerprint density at radius 3 is 2.65 bits per heavy atom. The van der Waals surface area contributed by atoms with E-state index in [1.165, 1.54) is 17.0 Å². The molecule has 0 aliphatic rings. The highest BCUT2D eigenvalue weighted by Gasteiger charge is 2.15. The van der Waals surface area contributed by atoms with Gasteiger partial charge in [0.15, 0.2) is 5.82 Å². The summed E-state index contributed by atoms with van der Waals surface area (Å²) >= 11 is 7.99. The largest absolute Gasteiger partial charge is 0.478 e. The van der Waals surface area contributed by atoms with E-state index < -0.39 is 11.8 Å². The van der Waals surface area contributed by atoms with Gasteiger partial charge in [0.2, 0.25) is 0 Å². The van der Waals surface area contributed by atoms with Gasteiger partial charge in [-0.2, -0.15) is 0 Å². The van der Waals surface area contributed by atoms with E-state index >= 15 is 0 Å². The fourth-order valence-corrected chi connectivity index (χ4v) is 3.66. The monoisotopic (exact) mass is 421 g/mol. The molecule has 0 unspecified atom stereocenters. The Morgan fingerprint density at radius 2 is 2.05 bits per heavy atom. The molecular formula is C13H10Br2FNO2S. The van der Waals surface area contributed by atoms with Crippen molar-refractivity contribution in [2.45, 2.75) is 6.42 Å². The molecule has 0 amide bonds. The van der Waals surface area contributed by atoms with E-state index in [2.05, 4.69) is 37.2 Å². The first-order valence-corrected chi connectivity index (χ1v) is 8.08. The van der Waals surface area contributed by atoms with Crippen molar-refractivity contribution in [1.29, 1.82) is 0 Å². The third-order valence-corrected chi connectivity index (χ3v) is 5.09. The third kappa shape index (κ3) is 3.59. The van der Waals surface area contributed by atoms with Gasteiger partial charge in [-0.25, -0.2) is 9.18 Å². The number of carbonyl (C=O) groups is 1. The number of thiophene rings is 1. The highest BCUT2D eigenvalue weighted by molar-refractivity contribution is 9.11. The van der Waals surface area contributed by atoms with E-state index in [0.29, 0.717) is 6.54 Å². The van der Waals surface area contributed by atoms with Gasteiger partial charge >= 0.3 is 5.97 Å². The Labute approximate surface area is 136 Å². The summed E-state index contributed by atoms with van der Waals surface area (Å²) in [5, 5.41) is 11.9. The van der Waals surface area contributed by atoms with E-state index in [1.54, 1.807) is 11.3 Å². The van der Waals surface area contributed by atoms with Crippen LogP contribution in [0.3, 0.4) is 0 Å². The minimum absolute atomic E-state index is 0.0335. The molecule has 1 aromatic carbocycles. The van der Waals surface area contributed by atoms with Crippen LogP contribution in [0.4, 0.5) is 10.1 Å². The zero-order valence-corrected chi connectivity index (χ0v) is 14.1. The van der Waals surface area contributed by atoms with E-state index in [1.807, 2.05) is 12.1 Å². The number of rotatable bonds is 5. The lowest BCUT2D eigenvalue weighted by Gasteiger charge is -2.09. The molecule has 1 aromatic heterocycles. The maximum absolute atomic E-state index is 14.0. The van der Waals surface area contributed by atoms with Crippen LogP contribution in [0.2, 0.25) is 0 Å². The average molecular weight is 423 g/mol. The van der Waals surface area contributed by atoms with E-state index in [9.17, 15) is 9.18 Å². The minimum Gasteiger partial charge on any atom is -0.478 e. The molecule has 0 spiro atoms. The molecule has 0 atom stereocenters. The molecule has 3 nitrogen and oxygen atoms in total. The molecular weight excluding hydrogens is 413 g/mol. The molecule has 1 heterocycles. The zero-order chi connectivity index (χ0) is 14.7. The molecule has 0 radical (unpaired) electrons. The maximum atomic E-state index is 14.0. The second-order valence-corrected chi connectivity index (χ2v) is 7.32. The summed E-state index contributed by atoms with van der Waals surface area (Å²) in [6.07, 6.45) is 0.772. The van der Waals surface area contributed by atoms with Crippen LogP contribution in [-0.4, -0.2) is 17.6 Å². The first-order valence-electron chi connectivity index (χ1n) is 5.68. The number of hydrogen-bond donors (Lipinski definition) is 2. The standard InChI is InChI=1S/C13H10Br2FNO2S/c14-10-4-1-7(20-10)5-6-17-9-3-2-8(13(18)19)11(15)12(9)16/h1-4,17H,5-6H2,(H,18,19). The predicted molar refractivity (Wildman–Crippen MR) is 85.3 cm³/mol. The summed E-state index contributed by atoms with van der Waals surface area (Å²) in [5.41, 5.74) is 0.202. The Balaban J connectivity index is 2.03. The number of carboxylic acids is 1. The number of halogens is 3. The van der Waals surface area contributed by atoms with Gasteiger partial charge in [-0.15, -0.1) is 11.3 Å². The molecule has 0 saturated carbocycles. The zero-order valence-electron chi connectivity index (χ0n) is 10.1. The lowest BCUT2D eigenvalue weighted by molar-refractivity contribution is 0.0695. The fraction of sp³-hybridized carbons (Fsp3) is 0.154. The van der Waals surface area contributed by atoms with Gasteiger partial charge in [-0.05, 0) is 62.5 Å². The average Bonchev–Trinajstić information content (AvgIpc) is 2.80. The van der Waals surface area contributed by atoms with Crippen molar-refractivity contribution in [1.82, 2.24) is 0 Å². The van der Waals surface area contributed by atoms with Crippen LogP contribution in [0, 0.1) is 5.82 Å². The van der Waals surface area contributed by atoms with Gasteiger partial charge in [0.1, 0.15) is 0 Å². The van der Waals surface area contributed by atoms with Crippen molar-refractivity contribution >= 4 is 54.9 Å². The van der Waals surface area contributed by atoms with Gasteiger partial charge in [-0.1, -0.05) is 0 Å². The van der Waals surface area contributed by atoms with Crippen LogP contribution in [0.1, 0.15) is 15.2 Å². The second kappa shape index (κ2) is 6.69. The van der Waals surface area contributed by atoms with Crippen LogP contribution in [0.5, 0.6) is 0 Å². The number of benzene rings is 1. The lowest BCUT2D eigenvalue weighted by Crippen LogP contribution is -2.08. The molecule has 0 bridgehead atoms. The van der Waals surface area contributed by atoms with Crippen molar-refractivity contribution in [3.63, 3.8) is 0 Å². The van der Waals surface area contributed by atoms with Gasteiger partial charge in [-0.3, -0.25) is 0 Å². The lowest BCUT2D eigenvalue weighted by atomic mass is 10.2. The summed E-state index contributed by atoms with van der Waals surface area (Å²) in [7, 11) is 0. The first-order chi connectivity index (χ1) is 9.49. The van der Waals surface area contributed by atoms with Crippen molar-refractivity contribution < 1.29 is 14.3 Å². The van der Waals surface area contributed by atoms with Gasteiger partial charge in [0, 0.05) is 11.4 Å². The topological polar surface area (TPSA) is 49.3 Å². The van der Waals surface area contributed by atoms with E-state index in [0.717, 1.165) is 10.2 Å². The van der Waals surface area contributed by atoms with Gasteiger partial charge < -0.3 is 10.4 Å². The molecule has 2 aromatic rings. The van der Waals surface area contributed by atoms with Crippen LogP contribution in [-0.2, 0) is 6.42 Å². The van der Waals surface area contributed by atoms with Crippen LogP contribution in [0.25, 0.3) is 0 Å². The summed E-state index contributed by atoms with van der Waals surface area (Å²) in [6, 6.07) is 6.79. The molecule has 20 heavy (non-hydrogen) atoms. The molecule has 0 aliphatic heterocycles. The van der Waals surface area contributed by atoms with Crippen molar-refractivity contribution in [2.24, 2.45) is 0 Å². The van der Waals surface area contributed by atoms with Gasteiger partial charge in [0.05, 0.1) is 19.5 Å². The molecule has 0 aliphatic carbocycles. The van der Waals surface area contributed by atoms with Crippen molar-refractivity contribution in [2.75, 3.05) is 11.9 Å². The molecule has 2 rings (SSSR count). The Hall–Kier alpha value is -0.920. The highest BCUT2D eigenvalue weighted by Crippen LogP contribution is 2.27. The number of hydrogen-bond acceptors (Lipinski definition) is 3. The Kier molecular flexibility index (Phi) is 5.17. The van der Waals surface area contributed by atoms with E-state index in [4.69, 9.17) is 5.11 Å². The first kappa shape index (κ1) is 15.5. The van der Waals surface area contributed by atoms with E-state index in [-0.39, 0.29) is 15.7 Å². The number of carboxylic acid groups (broad SMARTS) is 1. The predicted octanol–water partition coefficient (Wildman–Crippen LogP) is 4.77. The molecule has 0 saturated heterocycles. The Bertz CT molecular complexity index is 645. The summed E-state index contributed by atoms with van der Waals surface area (Å²) in [4.78, 5) is 12.1. The number of anilines is 1. The normalized spacial score (nSPS) is 10.6. The highest BCUT2D eigenvalue weighted by atomic mass is 79.9. The molecule has 2 N–H and O–H groups in total. The van der Waals surface area contributed by atoms with Crippen molar-refractivity contribution in [3.05, 3.63) is 48.8 Å². The van der Waals surface area contributed by atoms with Crippen molar-refractivity contribution in [3.8, 4) is 0 Å². The fourth-order valence-electron chi connectivity index (χ4n) is 1.66.